The number of amides is 3. The van der Waals surface area contributed by atoms with Gasteiger partial charge in [0.2, 0.25) is 11.0 Å². The lowest BCUT2D eigenvalue weighted by atomic mass is 9.99. The molecule has 51 heavy (non-hydrogen) atoms. The summed E-state index contributed by atoms with van der Waals surface area (Å²) in [5, 5.41) is 10.3. The molecule has 1 aliphatic heterocycles. The molecule has 0 saturated carbocycles. The van der Waals surface area contributed by atoms with Gasteiger partial charge >= 0.3 is 18.3 Å². The van der Waals surface area contributed by atoms with Crippen molar-refractivity contribution in [2.24, 2.45) is 4.99 Å². The number of urea groups is 1. The summed E-state index contributed by atoms with van der Waals surface area (Å²) in [7, 11) is 0. The number of hydrogen-bond donors (Lipinski definition) is 2. The topological polar surface area (TPSA) is 114 Å². The number of aliphatic imine (C=N–C) groups is 1. The second-order valence-corrected chi connectivity index (χ2v) is 13.6. The zero-order valence-electron chi connectivity index (χ0n) is 27.3. The van der Waals surface area contributed by atoms with E-state index in [0.29, 0.717) is 35.1 Å². The van der Waals surface area contributed by atoms with E-state index in [1.54, 1.807) is 4.90 Å². The number of rotatable bonds is 7. The van der Waals surface area contributed by atoms with Gasteiger partial charge in [0.15, 0.2) is 11.0 Å². The maximum Gasteiger partial charge on any atom is 0.499 e. The van der Waals surface area contributed by atoms with Crippen LogP contribution in [0.25, 0.3) is 17.1 Å². The van der Waals surface area contributed by atoms with Gasteiger partial charge in [-0.1, -0.05) is 49.9 Å². The van der Waals surface area contributed by atoms with E-state index in [2.05, 4.69) is 30.4 Å². The van der Waals surface area contributed by atoms with Gasteiger partial charge in [-0.25, -0.2) is 14.5 Å². The van der Waals surface area contributed by atoms with Crippen LogP contribution in [0.2, 0.25) is 0 Å². The summed E-state index contributed by atoms with van der Waals surface area (Å²) in [4.78, 5) is 36.1. The Morgan fingerprint density at radius 2 is 1.76 bits per heavy atom. The van der Waals surface area contributed by atoms with Crippen molar-refractivity contribution in [3.05, 3.63) is 89.2 Å². The van der Waals surface area contributed by atoms with E-state index in [1.165, 1.54) is 34.9 Å². The highest BCUT2D eigenvalue weighted by atomic mass is 32.2. The Balaban J connectivity index is 1.06. The Kier molecular flexibility index (Phi) is 9.87. The van der Waals surface area contributed by atoms with Crippen LogP contribution in [0.15, 0.2) is 72.0 Å². The molecule has 266 valence electrons. The average molecular weight is 744 g/mol. The van der Waals surface area contributed by atoms with E-state index in [-0.39, 0.29) is 28.7 Å². The van der Waals surface area contributed by atoms with E-state index < -0.39 is 24.1 Å². The number of nitrogens with one attached hydrogen (secondary N) is 2. The zero-order chi connectivity index (χ0) is 36.7. The molecular formula is C34H30F5N7O3S2. The average Bonchev–Trinajstić information content (AvgIpc) is 3.78. The first-order valence-electron chi connectivity index (χ1n) is 15.6. The molecule has 1 aliphatic carbocycles. The van der Waals surface area contributed by atoms with Crippen molar-refractivity contribution < 1.29 is 36.3 Å². The lowest BCUT2D eigenvalue weighted by molar-refractivity contribution is -0.360. The van der Waals surface area contributed by atoms with E-state index in [9.17, 15) is 31.5 Å². The maximum atomic E-state index is 13.2. The number of alkyl halides is 5. The fraction of sp³-hybridized carbons (Fsp3) is 0.294. The third kappa shape index (κ3) is 7.88. The third-order valence-electron chi connectivity index (χ3n) is 8.13. The molecule has 2 N–H and O–H groups in total. The van der Waals surface area contributed by atoms with Crippen LogP contribution in [0.4, 0.5) is 32.4 Å². The van der Waals surface area contributed by atoms with Gasteiger partial charge in [0.25, 0.3) is 0 Å². The molecule has 1 aromatic heterocycles. The largest absolute Gasteiger partial charge is 0.499 e. The summed E-state index contributed by atoms with van der Waals surface area (Å²) >= 11 is 6.63. The highest BCUT2D eigenvalue weighted by molar-refractivity contribution is 8.15. The molecule has 3 amide bonds. The SMILES string of the molecule is Cc1ccc(C(C)C)c(N2C(=O)CS/C2=N\C(=S)NC(=O)NC2Cc3ccc(-c4ncn(-c5ccc(OC(F)(F)C(F)(F)F)cc5)n4)cc3C2)c1. The first-order chi connectivity index (χ1) is 24.1. The normalized spacial score (nSPS) is 16.9. The summed E-state index contributed by atoms with van der Waals surface area (Å²) < 4.78 is 69.0. The number of carbonyl (C=O) groups is 2. The van der Waals surface area contributed by atoms with Crippen molar-refractivity contribution in [3.8, 4) is 22.8 Å². The lowest BCUT2D eigenvalue weighted by Crippen LogP contribution is -2.44. The third-order valence-corrected chi connectivity index (χ3v) is 9.25. The predicted octanol–water partition coefficient (Wildman–Crippen LogP) is 7.09. The van der Waals surface area contributed by atoms with Crippen LogP contribution in [-0.4, -0.2) is 61.1 Å². The fourth-order valence-corrected chi connectivity index (χ4v) is 6.81. The molecule has 0 spiro atoms. The highest BCUT2D eigenvalue weighted by Crippen LogP contribution is 2.38. The van der Waals surface area contributed by atoms with Crippen LogP contribution in [0.1, 0.15) is 42.0 Å². The number of carbonyl (C=O) groups excluding carboxylic acids is 2. The van der Waals surface area contributed by atoms with Gasteiger partial charge in [0.1, 0.15) is 12.1 Å². The number of aryl methyl sites for hydroxylation is 1. The van der Waals surface area contributed by atoms with Crippen molar-refractivity contribution in [1.29, 1.82) is 0 Å². The predicted molar refractivity (Wildman–Crippen MR) is 187 cm³/mol. The summed E-state index contributed by atoms with van der Waals surface area (Å²) in [6.07, 6.45) is -8.71. The number of anilines is 1. The number of hydrogen-bond acceptors (Lipinski definition) is 7. The van der Waals surface area contributed by atoms with Crippen molar-refractivity contribution in [1.82, 2.24) is 25.4 Å². The molecule has 0 bridgehead atoms. The van der Waals surface area contributed by atoms with Crippen molar-refractivity contribution in [2.75, 3.05) is 10.7 Å². The summed E-state index contributed by atoms with van der Waals surface area (Å²) in [6, 6.07) is 15.3. The first kappa shape index (κ1) is 35.9. The number of nitrogens with zero attached hydrogens (tertiary/aromatic N) is 5. The lowest BCUT2D eigenvalue weighted by Gasteiger charge is -2.22. The van der Waals surface area contributed by atoms with Crippen molar-refractivity contribution in [3.63, 3.8) is 0 Å². The number of fused-ring (bicyclic) bond motifs is 1. The molecule has 10 nitrogen and oxygen atoms in total. The minimum absolute atomic E-state index is 0.0747. The summed E-state index contributed by atoms with van der Waals surface area (Å²) in [6.45, 7) is 6.05. The molecule has 3 aromatic carbocycles. The number of halogens is 5. The molecule has 1 atom stereocenters. The summed E-state index contributed by atoms with van der Waals surface area (Å²) in [5.74, 6) is -0.0599. The second-order valence-electron chi connectivity index (χ2n) is 12.2. The highest BCUT2D eigenvalue weighted by Gasteiger charge is 2.61. The van der Waals surface area contributed by atoms with Gasteiger partial charge in [-0.3, -0.25) is 15.0 Å². The smallest absolute Gasteiger partial charge is 0.426 e. The molecule has 2 aliphatic rings. The molecule has 2 heterocycles. The zero-order valence-corrected chi connectivity index (χ0v) is 28.9. The van der Waals surface area contributed by atoms with Gasteiger partial charge in [0.05, 0.1) is 17.1 Å². The standard InChI is InChI=1S/C34H30F5N7O3S2/c1-18(2)26-11-4-19(3)12-27(26)46-28(47)16-51-32(46)43-31(50)42-30(48)41-23-14-20-5-6-21(13-22(20)15-23)29-40-17-45(44-29)24-7-9-25(10-8-24)49-34(38,39)33(35,36)37/h4-13,17-18,23H,14-16H2,1-3H3,(H2,41,42,48,50)/b43-32-. The van der Waals surface area contributed by atoms with Gasteiger partial charge in [-0.15, -0.1) is 5.10 Å². The molecule has 17 heteroatoms. The van der Waals surface area contributed by atoms with Crippen LogP contribution in [-0.2, 0) is 17.6 Å². The van der Waals surface area contributed by atoms with Gasteiger partial charge < -0.3 is 10.1 Å². The number of thiocarbonyl (C=S) groups is 1. The Labute approximate surface area is 298 Å². The summed E-state index contributed by atoms with van der Waals surface area (Å²) in [5.41, 5.74) is 5.78. The van der Waals surface area contributed by atoms with E-state index in [0.717, 1.165) is 40.1 Å². The Morgan fingerprint density at radius 3 is 2.47 bits per heavy atom. The second kappa shape index (κ2) is 14.0. The monoisotopic (exact) mass is 743 g/mol. The van der Waals surface area contributed by atoms with Crippen LogP contribution in [0.5, 0.6) is 5.75 Å². The minimum Gasteiger partial charge on any atom is -0.426 e. The van der Waals surface area contributed by atoms with Crippen LogP contribution in [0.3, 0.4) is 0 Å². The number of ether oxygens (including phenoxy) is 1. The Morgan fingerprint density at radius 1 is 1.04 bits per heavy atom. The number of benzene rings is 3. The number of amidine groups is 1. The first-order valence-corrected chi connectivity index (χ1v) is 17.0. The Bertz CT molecular complexity index is 2030. The van der Waals surface area contributed by atoms with E-state index in [1.807, 2.05) is 57.2 Å². The maximum absolute atomic E-state index is 13.2. The molecule has 4 aromatic rings. The molecule has 1 unspecified atom stereocenters. The molecule has 1 saturated heterocycles. The molecule has 1 fully saturated rings. The Hall–Kier alpha value is -4.90. The quantitative estimate of drug-likeness (QED) is 0.154. The van der Waals surface area contributed by atoms with Crippen LogP contribution >= 0.6 is 24.0 Å². The van der Waals surface area contributed by atoms with Crippen molar-refractivity contribution in [2.45, 2.75) is 57.9 Å². The molecule has 6 rings (SSSR count). The van der Waals surface area contributed by atoms with E-state index in [4.69, 9.17) is 12.2 Å². The molecule has 0 radical (unpaired) electrons. The van der Waals surface area contributed by atoms with E-state index >= 15 is 0 Å². The van der Waals surface area contributed by atoms with Crippen LogP contribution in [0, 0.1) is 6.92 Å². The molecular weight excluding hydrogens is 714 g/mol. The van der Waals surface area contributed by atoms with Gasteiger partial charge in [-0.05, 0) is 96.6 Å². The van der Waals surface area contributed by atoms with Gasteiger partial charge in [0, 0.05) is 11.6 Å². The number of thioether (sulfide) groups is 1. The van der Waals surface area contributed by atoms with Crippen LogP contribution < -0.4 is 20.3 Å². The number of aromatic nitrogens is 3. The van der Waals surface area contributed by atoms with Gasteiger partial charge in [-0.2, -0.15) is 26.9 Å². The fourth-order valence-electron chi connectivity index (χ4n) is 5.70. The minimum atomic E-state index is -5.85. The van der Waals surface area contributed by atoms with Crippen molar-refractivity contribution >= 4 is 51.9 Å².